The third kappa shape index (κ3) is 3.05. The van der Waals surface area contributed by atoms with Crippen molar-refractivity contribution in [2.24, 2.45) is 0 Å². The van der Waals surface area contributed by atoms with Gasteiger partial charge in [0.15, 0.2) is 0 Å². The van der Waals surface area contributed by atoms with Crippen molar-refractivity contribution < 1.29 is 33.4 Å². The summed E-state index contributed by atoms with van der Waals surface area (Å²) in [6, 6.07) is -0.245. The second-order valence-corrected chi connectivity index (χ2v) is 5.51. The van der Waals surface area contributed by atoms with E-state index in [9.17, 15) is 28.6 Å². The summed E-state index contributed by atoms with van der Waals surface area (Å²) in [6.07, 6.45) is 0. The first-order valence-corrected chi connectivity index (χ1v) is 5.92. The van der Waals surface area contributed by atoms with Gasteiger partial charge in [0.1, 0.15) is 10.7 Å². The van der Waals surface area contributed by atoms with Gasteiger partial charge < -0.3 is 4.74 Å². The number of hydrogen-bond donors (Lipinski definition) is 0. The Balaban J connectivity index is 3.49. The highest BCUT2D eigenvalue weighted by Gasteiger charge is 2.65. The molecule has 98 valence electrons. The molecule has 0 radical (unpaired) electrons. The lowest BCUT2D eigenvalue weighted by Gasteiger charge is -2.40. The molecule has 1 rings (SSSR count). The van der Waals surface area contributed by atoms with Crippen LogP contribution in [0.4, 0.5) is 23.8 Å². The van der Waals surface area contributed by atoms with E-state index in [4.69, 9.17) is 0 Å². The zero-order chi connectivity index (χ0) is 13.5. The lowest BCUT2D eigenvalue weighted by Crippen LogP contribution is -2.10. The highest BCUT2D eigenvalue weighted by Crippen LogP contribution is 3.02. The van der Waals surface area contributed by atoms with Gasteiger partial charge in [-0.05, 0) is 18.2 Å². The number of carbonyl (C=O) groups excluding carboxylic acids is 1. The highest BCUT2D eigenvalue weighted by molar-refractivity contribution is 8.45. The van der Waals surface area contributed by atoms with Crippen molar-refractivity contribution in [1.82, 2.24) is 0 Å². The Labute approximate surface area is 91.9 Å². The number of ether oxygens (including phenoxy) is 1. The Morgan fingerprint density at radius 2 is 1.71 bits per heavy atom. The minimum absolute atomic E-state index is 0.122. The summed E-state index contributed by atoms with van der Waals surface area (Å²) in [5.74, 6) is -2.84. The smallest absolute Gasteiger partial charge is 0.340 e. The maximum Gasteiger partial charge on any atom is 0.340 e. The number of esters is 1. The molecule has 0 fully saturated rings. The number of benzene rings is 1. The second kappa shape index (κ2) is 3.09. The molecule has 0 aromatic heterocycles. The Morgan fingerprint density at radius 3 is 2.12 bits per heavy atom. The van der Waals surface area contributed by atoms with Crippen LogP contribution in [0.3, 0.4) is 0 Å². The molecule has 0 bridgehead atoms. The van der Waals surface area contributed by atoms with Crippen molar-refractivity contribution in [2.45, 2.75) is 4.90 Å². The molecule has 9 heteroatoms. The van der Waals surface area contributed by atoms with E-state index in [2.05, 4.69) is 4.74 Å². The van der Waals surface area contributed by atoms with Crippen LogP contribution in [-0.4, -0.2) is 13.1 Å². The largest absolute Gasteiger partial charge is 0.465 e. The van der Waals surface area contributed by atoms with Gasteiger partial charge in [0.05, 0.1) is 12.7 Å². The molecular weight excluding hydrogens is 274 g/mol. The van der Waals surface area contributed by atoms with Crippen LogP contribution in [0, 0.1) is 5.82 Å². The summed E-state index contributed by atoms with van der Waals surface area (Å²) in [4.78, 5) is 8.52. The molecule has 17 heavy (non-hydrogen) atoms. The van der Waals surface area contributed by atoms with E-state index >= 15 is 0 Å². The van der Waals surface area contributed by atoms with E-state index in [1.165, 1.54) is 0 Å². The number of carbonyl (C=O) groups is 1. The molecule has 0 heterocycles. The minimum atomic E-state index is -9.93. The fraction of sp³-hybridized carbons (Fsp3) is 0.125. The van der Waals surface area contributed by atoms with Gasteiger partial charge in [0, 0.05) is 0 Å². The molecule has 0 aliphatic rings. The molecule has 1 aromatic rings. The SMILES string of the molecule is COC(=O)c1cc(S(F)(F)(F)(F)F)ccc1F. The standard InChI is InChI=1S/C8H6F6O2S/c1-16-8(15)6-4-5(2-3-7(6)9)17(10,11,12,13)14/h2-4H,1H3. The highest BCUT2D eigenvalue weighted by atomic mass is 32.5. The number of hydrogen-bond acceptors (Lipinski definition) is 2. The van der Waals surface area contributed by atoms with Crippen molar-refractivity contribution in [3.05, 3.63) is 29.6 Å². The van der Waals surface area contributed by atoms with Crippen molar-refractivity contribution in [1.29, 1.82) is 0 Å². The zero-order valence-electron chi connectivity index (χ0n) is 8.22. The first kappa shape index (κ1) is 13.7. The van der Waals surface area contributed by atoms with Gasteiger partial charge in [0.25, 0.3) is 0 Å². The molecule has 0 saturated carbocycles. The normalized spacial score (nSPS) is 15.9. The summed E-state index contributed by atoms with van der Waals surface area (Å²) in [5, 5.41) is 0. The average Bonchev–Trinajstić information content (AvgIpc) is 2.13. The van der Waals surface area contributed by atoms with E-state index in [-0.39, 0.29) is 18.2 Å². The van der Waals surface area contributed by atoms with Crippen molar-refractivity contribution in [3.8, 4) is 0 Å². The predicted octanol–water partition coefficient (Wildman–Crippen LogP) is 4.27. The number of rotatable bonds is 2. The Hall–Kier alpha value is -1.38. The lowest BCUT2D eigenvalue weighted by molar-refractivity contribution is 0.0595. The first-order chi connectivity index (χ1) is 7.35. The summed E-state index contributed by atoms with van der Waals surface area (Å²) in [6.45, 7) is 0. The monoisotopic (exact) mass is 280 g/mol. The van der Waals surface area contributed by atoms with Crippen LogP contribution < -0.4 is 0 Å². The summed E-state index contributed by atoms with van der Waals surface area (Å²) >= 11 is 0. The van der Waals surface area contributed by atoms with Gasteiger partial charge in [-0.3, -0.25) is 0 Å². The van der Waals surface area contributed by atoms with E-state index in [0.29, 0.717) is 0 Å². The Morgan fingerprint density at radius 1 is 1.18 bits per heavy atom. The quantitative estimate of drug-likeness (QED) is 0.597. The zero-order valence-corrected chi connectivity index (χ0v) is 9.04. The van der Waals surface area contributed by atoms with Crippen molar-refractivity contribution >= 4 is 16.2 Å². The molecule has 0 unspecified atom stereocenters. The topological polar surface area (TPSA) is 26.3 Å². The molecule has 0 saturated heterocycles. The fourth-order valence-corrected chi connectivity index (χ4v) is 1.68. The molecule has 1 aromatic carbocycles. The van der Waals surface area contributed by atoms with Crippen LogP contribution in [0.2, 0.25) is 0 Å². The van der Waals surface area contributed by atoms with E-state index in [1.54, 1.807) is 0 Å². The third-order valence-electron chi connectivity index (χ3n) is 1.79. The van der Waals surface area contributed by atoms with Crippen LogP contribution in [0.1, 0.15) is 10.4 Å². The lowest BCUT2D eigenvalue weighted by atomic mass is 10.2. The van der Waals surface area contributed by atoms with E-state index < -0.39 is 32.5 Å². The van der Waals surface area contributed by atoms with Gasteiger partial charge >= 0.3 is 16.2 Å². The molecular formula is C8H6F6O2S. The molecule has 0 atom stereocenters. The van der Waals surface area contributed by atoms with Crippen molar-refractivity contribution in [2.75, 3.05) is 7.11 Å². The van der Waals surface area contributed by atoms with E-state index in [1.807, 2.05) is 0 Å². The predicted molar refractivity (Wildman–Crippen MR) is 49.1 cm³/mol. The van der Waals surface area contributed by atoms with Gasteiger partial charge in [-0.2, -0.15) is 0 Å². The van der Waals surface area contributed by atoms with Gasteiger partial charge in [-0.15, -0.1) is 0 Å². The molecule has 0 amide bonds. The maximum absolute atomic E-state index is 12.9. The average molecular weight is 280 g/mol. The van der Waals surface area contributed by atoms with Gasteiger partial charge in [0.2, 0.25) is 0 Å². The third-order valence-corrected chi connectivity index (χ3v) is 2.93. The number of halogens is 6. The molecule has 0 aliphatic carbocycles. The van der Waals surface area contributed by atoms with E-state index in [0.717, 1.165) is 7.11 Å². The first-order valence-electron chi connectivity index (χ1n) is 3.97. The molecule has 0 aliphatic heterocycles. The Bertz CT molecular complexity index is 480. The van der Waals surface area contributed by atoms with Crippen molar-refractivity contribution in [3.63, 3.8) is 0 Å². The van der Waals surface area contributed by atoms with Gasteiger partial charge in [-0.1, -0.05) is 19.4 Å². The Kier molecular flexibility index (Phi) is 2.49. The van der Waals surface area contributed by atoms with Crippen LogP contribution in [0.5, 0.6) is 0 Å². The number of methoxy groups -OCH3 is 1. The summed E-state index contributed by atoms with van der Waals surface area (Å²) in [7, 11) is -9.14. The maximum atomic E-state index is 12.9. The molecule has 0 spiro atoms. The summed E-state index contributed by atoms with van der Waals surface area (Å²) < 4.78 is 78.7. The molecule has 0 N–H and O–H groups in total. The van der Waals surface area contributed by atoms with Crippen LogP contribution in [0.25, 0.3) is 0 Å². The van der Waals surface area contributed by atoms with Crippen LogP contribution in [-0.2, 0) is 4.74 Å². The van der Waals surface area contributed by atoms with Crippen LogP contribution in [0.15, 0.2) is 23.1 Å². The summed E-state index contributed by atoms with van der Waals surface area (Å²) in [5.41, 5.74) is -1.20. The second-order valence-electron chi connectivity index (χ2n) is 3.10. The molecule has 2 nitrogen and oxygen atoms in total. The van der Waals surface area contributed by atoms with Crippen LogP contribution >= 0.6 is 10.2 Å². The fourth-order valence-electron chi connectivity index (χ4n) is 1.01. The minimum Gasteiger partial charge on any atom is -0.465 e. The van der Waals surface area contributed by atoms with Gasteiger partial charge in [-0.25, -0.2) is 9.18 Å².